The molecule has 2 aromatic heterocycles. The normalized spacial score (nSPS) is 9.60. The van der Waals surface area contributed by atoms with Crippen molar-refractivity contribution in [3.05, 3.63) is 13.2 Å². The Bertz CT molecular complexity index is 441. The number of hydrogen-bond acceptors (Lipinski definition) is 6. The fourth-order valence-electron chi connectivity index (χ4n) is 1.08. The van der Waals surface area contributed by atoms with Gasteiger partial charge in [0.05, 0.1) is 0 Å². The van der Waals surface area contributed by atoms with E-state index in [1.165, 1.54) is 0 Å². The fraction of sp³-hybridized carbons (Fsp3) is 0. The molecule has 2 rings (SSSR count). The van der Waals surface area contributed by atoms with Crippen molar-refractivity contribution in [2.75, 3.05) is 0 Å². The van der Waals surface area contributed by atoms with Crippen molar-refractivity contribution < 1.29 is 24.6 Å². The molecule has 0 aliphatic carbocycles. The van der Waals surface area contributed by atoms with Gasteiger partial charge in [-0.3, -0.25) is 0 Å². The van der Waals surface area contributed by atoms with Crippen molar-refractivity contribution in [3.63, 3.8) is 0 Å². The van der Waals surface area contributed by atoms with Crippen molar-refractivity contribution in [2.24, 2.45) is 0 Å². The van der Waals surface area contributed by atoms with Crippen molar-refractivity contribution in [2.45, 2.75) is 0 Å². The maximum absolute atomic E-state index is 3.92. The molecule has 72 valence electrons. The average Bonchev–Trinajstić information content (AvgIpc) is 2.87. The first-order valence-electron chi connectivity index (χ1n) is 4.13. The standard InChI is InChI=1S/2C3H3N4.Hg/c2*1-2-7-3-4-5-6-7;/h2*2H,1H2;. The summed E-state index contributed by atoms with van der Waals surface area (Å²) in [7, 11) is 0. The first-order chi connectivity index (χ1) is 7.35. The summed E-state index contributed by atoms with van der Waals surface area (Å²) in [6.07, 6.45) is 3.13. The van der Waals surface area contributed by atoms with Crippen LogP contribution in [0.4, 0.5) is 0 Å². The van der Waals surface area contributed by atoms with Crippen molar-refractivity contribution >= 4 is 19.1 Å². The molecule has 0 amide bonds. The van der Waals surface area contributed by atoms with Gasteiger partial charge in [0.15, 0.2) is 0 Å². The van der Waals surface area contributed by atoms with Gasteiger partial charge in [-0.15, -0.1) is 0 Å². The van der Waals surface area contributed by atoms with Crippen LogP contribution in [0.5, 0.6) is 0 Å². The van der Waals surface area contributed by atoms with Gasteiger partial charge in [-0.25, -0.2) is 0 Å². The average molecular weight is 391 g/mol. The third-order valence-corrected chi connectivity index (χ3v) is 7.86. The Morgan fingerprint density at radius 2 is 1.40 bits per heavy atom. The Hall–Kier alpha value is -1.44. The quantitative estimate of drug-likeness (QED) is 0.556. The molecular weight excluding hydrogens is 385 g/mol. The van der Waals surface area contributed by atoms with Crippen molar-refractivity contribution in [1.82, 2.24) is 40.4 Å². The van der Waals surface area contributed by atoms with Crippen LogP contribution < -0.4 is 6.67 Å². The molecule has 0 atom stereocenters. The summed E-state index contributed by atoms with van der Waals surface area (Å²) >= 11 is -1.72. The third-order valence-electron chi connectivity index (χ3n) is 1.78. The second-order valence-electron chi connectivity index (χ2n) is 2.62. The summed E-state index contributed by atoms with van der Waals surface area (Å²) in [6, 6.07) is 0. The van der Waals surface area contributed by atoms with Gasteiger partial charge in [-0.2, -0.15) is 0 Å². The number of nitrogens with zero attached hydrogens (tertiary/aromatic N) is 8. The SMILES string of the molecule is C=Cn1nnn[c]1[Hg][c]1nnnn1C=C. The second kappa shape index (κ2) is 4.38. The van der Waals surface area contributed by atoms with Gasteiger partial charge in [0.2, 0.25) is 0 Å². The molecule has 0 saturated carbocycles. The molecule has 9 heteroatoms. The van der Waals surface area contributed by atoms with Crippen molar-refractivity contribution in [3.8, 4) is 0 Å². The molecule has 0 bridgehead atoms. The molecule has 0 fully saturated rings. The summed E-state index contributed by atoms with van der Waals surface area (Å²) < 4.78 is 4.79. The van der Waals surface area contributed by atoms with Crippen LogP contribution in [0, 0.1) is 0 Å². The van der Waals surface area contributed by atoms with Crippen LogP contribution in [0.1, 0.15) is 0 Å². The summed E-state index contributed by atoms with van der Waals surface area (Å²) in [6.45, 7) is 7.23. The number of hydrogen-bond donors (Lipinski definition) is 0. The Labute approximate surface area is 97.1 Å². The van der Waals surface area contributed by atoms with Crippen LogP contribution in [0.25, 0.3) is 12.4 Å². The minimum absolute atomic E-state index is 0.836. The number of tetrazole rings is 2. The topological polar surface area (TPSA) is 87.2 Å². The molecule has 0 radical (unpaired) electrons. The van der Waals surface area contributed by atoms with E-state index in [2.05, 4.69) is 44.2 Å². The Morgan fingerprint density at radius 3 is 1.80 bits per heavy atom. The first kappa shape index (κ1) is 10.1. The van der Waals surface area contributed by atoms with Gasteiger partial charge in [0.1, 0.15) is 0 Å². The summed E-state index contributed by atoms with van der Waals surface area (Å²) in [5.41, 5.74) is 0. The Morgan fingerprint density at radius 1 is 0.933 bits per heavy atom. The van der Waals surface area contributed by atoms with Gasteiger partial charge in [-0.1, -0.05) is 0 Å². The van der Waals surface area contributed by atoms with E-state index < -0.39 is 24.6 Å². The Kier molecular flexibility index (Phi) is 2.95. The fourth-order valence-corrected chi connectivity index (χ4v) is 5.98. The zero-order valence-corrected chi connectivity index (χ0v) is 13.4. The van der Waals surface area contributed by atoms with Crippen LogP contribution >= 0.6 is 0 Å². The molecule has 0 saturated heterocycles. The molecule has 0 unspecified atom stereocenters. The van der Waals surface area contributed by atoms with E-state index in [9.17, 15) is 0 Å². The van der Waals surface area contributed by atoms with Crippen LogP contribution in [-0.4, -0.2) is 40.4 Å². The summed E-state index contributed by atoms with van der Waals surface area (Å²) in [5, 5.41) is 22.5. The first-order valence-corrected chi connectivity index (χ1v) is 9.63. The zero-order valence-electron chi connectivity index (χ0n) is 7.85. The minimum atomic E-state index is -1.72. The summed E-state index contributed by atoms with van der Waals surface area (Å²) in [4.78, 5) is 0. The predicted octanol–water partition coefficient (Wildman–Crippen LogP) is -2.11. The molecule has 8 nitrogen and oxygen atoms in total. The van der Waals surface area contributed by atoms with Crippen LogP contribution in [-0.2, 0) is 24.6 Å². The molecule has 15 heavy (non-hydrogen) atoms. The molecule has 0 aliphatic heterocycles. The van der Waals surface area contributed by atoms with Gasteiger partial charge < -0.3 is 0 Å². The van der Waals surface area contributed by atoms with Crippen molar-refractivity contribution in [1.29, 1.82) is 0 Å². The monoisotopic (exact) mass is 392 g/mol. The van der Waals surface area contributed by atoms with E-state index in [0.29, 0.717) is 0 Å². The molecule has 2 heterocycles. The van der Waals surface area contributed by atoms with E-state index in [1.807, 2.05) is 0 Å². The second-order valence-corrected chi connectivity index (χ2v) is 8.91. The van der Waals surface area contributed by atoms with E-state index in [1.54, 1.807) is 21.8 Å². The summed E-state index contributed by atoms with van der Waals surface area (Å²) in [5.74, 6) is 0. The third kappa shape index (κ3) is 1.98. The molecule has 0 aromatic carbocycles. The van der Waals surface area contributed by atoms with Crippen LogP contribution in [0.2, 0.25) is 0 Å². The van der Waals surface area contributed by atoms with E-state index in [4.69, 9.17) is 0 Å². The number of aromatic nitrogens is 8. The molecule has 2 aromatic rings. The van der Waals surface area contributed by atoms with Gasteiger partial charge >= 0.3 is 97.2 Å². The van der Waals surface area contributed by atoms with E-state index in [-0.39, 0.29) is 0 Å². The molecule has 0 spiro atoms. The molecular formula is C6H6HgN8. The van der Waals surface area contributed by atoms with E-state index >= 15 is 0 Å². The van der Waals surface area contributed by atoms with E-state index in [0.717, 1.165) is 6.67 Å². The zero-order chi connectivity index (χ0) is 10.7. The Balaban J connectivity index is 2.29. The van der Waals surface area contributed by atoms with Gasteiger partial charge in [0.25, 0.3) is 0 Å². The predicted molar refractivity (Wildman–Crippen MR) is 47.7 cm³/mol. The maximum atomic E-state index is 3.92. The number of rotatable bonds is 4. The van der Waals surface area contributed by atoms with Gasteiger partial charge in [-0.05, 0) is 0 Å². The van der Waals surface area contributed by atoms with Crippen LogP contribution in [0.3, 0.4) is 0 Å². The van der Waals surface area contributed by atoms with Crippen LogP contribution in [0.15, 0.2) is 13.2 Å². The molecule has 0 aliphatic rings. The van der Waals surface area contributed by atoms with Gasteiger partial charge in [0, 0.05) is 0 Å². The molecule has 0 N–H and O–H groups in total.